The van der Waals surface area contributed by atoms with Gasteiger partial charge in [0.2, 0.25) is 0 Å². The van der Waals surface area contributed by atoms with Crippen LogP contribution in [-0.4, -0.2) is 41.6 Å². The van der Waals surface area contributed by atoms with Gasteiger partial charge in [-0.3, -0.25) is 4.79 Å². The van der Waals surface area contributed by atoms with Gasteiger partial charge in [0.1, 0.15) is 0 Å². The Hall–Kier alpha value is -1.77. The Balaban J connectivity index is 2.57. The summed E-state index contributed by atoms with van der Waals surface area (Å²) in [6, 6.07) is 1.51. The third-order valence-corrected chi connectivity index (χ3v) is 4.21. The molecule has 0 aromatic rings. The van der Waals surface area contributed by atoms with E-state index in [0.717, 1.165) is 19.3 Å². The highest BCUT2D eigenvalue weighted by Gasteiger charge is 2.40. The predicted molar refractivity (Wildman–Crippen MR) is 74.0 cm³/mol. The Morgan fingerprint density at radius 3 is 2.50 bits per heavy atom. The van der Waals surface area contributed by atoms with Crippen LogP contribution < -0.4 is 5.32 Å². The molecule has 1 atom stereocenters. The van der Waals surface area contributed by atoms with Gasteiger partial charge in [-0.1, -0.05) is 19.3 Å². The first-order valence-electron chi connectivity index (χ1n) is 7.04. The van der Waals surface area contributed by atoms with E-state index in [1.807, 2.05) is 6.07 Å². The highest BCUT2D eigenvalue weighted by Crippen LogP contribution is 2.36. The highest BCUT2D eigenvalue weighted by atomic mass is 16.4. The Morgan fingerprint density at radius 2 is 2.00 bits per heavy atom. The number of hydrogen-bond acceptors (Lipinski definition) is 3. The number of rotatable bonds is 5. The Bertz CT molecular complexity index is 397. The van der Waals surface area contributed by atoms with Crippen LogP contribution in [0.2, 0.25) is 0 Å². The summed E-state index contributed by atoms with van der Waals surface area (Å²) in [5.74, 6) is -0.828. The number of aliphatic carboxylic acids is 1. The number of hydrogen-bond donors (Lipinski definition) is 2. The third kappa shape index (κ3) is 3.86. The van der Waals surface area contributed by atoms with Gasteiger partial charge in [-0.15, -0.1) is 0 Å². The lowest BCUT2D eigenvalue weighted by Crippen LogP contribution is -2.49. The van der Waals surface area contributed by atoms with Crippen LogP contribution >= 0.6 is 0 Å². The van der Waals surface area contributed by atoms with Crippen molar-refractivity contribution in [2.24, 2.45) is 5.41 Å². The van der Waals surface area contributed by atoms with Crippen molar-refractivity contribution in [2.75, 3.05) is 13.6 Å². The molecule has 112 valence electrons. The van der Waals surface area contributed by atoms with E-state index < -0.39 is 11.4 Å². The zero-order valence-corrected chi connectivity index (χ0v) is 12.2. The minimum atomic E-state index is -0.828. The maximum absolute atomic E-state index is 12.0. The lowest BCUT2D eigenvalue weighted by Gasteiger charge is -2.34. The molecule has 0 radical (unpaired) electrons. The van der Waals surface area contributed by atoms with Crippen molar-refractivity contribution in [3.05, 3.63) is 0 Å². The lowest BCUT2D eigenvalue weighted by atomic mass is 9.74. The number of carboxylic acids is 1. The van der Waals surface area contributed by atoms with E-state index in [4.69, 9.17) is 5.26 Å². The molecule has 2 N–H and O–H groups in total. The number of amides is 2. The summed E-state index contributed by atoms with van der Waals surface area (Å²) >= 11 is 0. The van der Waals surface area contributed by atoms with Gasteiger partial charge in [0.15, 0.2) is 0 Å². The molecule has 0 aliphatic heterocycles. The second-order valence-corrected chi connectivity index (χ2v) is 5.63. The first-order valence-corrected chi connectivity index (χ1v) is 7.04. The summed E-state index contributed by atoms with van der Waals surface area (Å²) < 4.78 is 0. The first-order chi connectivity index (χ1) is 9.43. The van der Waals surface area contributed by atoms with E-state index >= 15 is 0 Å². The van der Waals surface area contributed by atoms with Crippen molar-refractivity contribution in [2.45, 2.75) is 51.5 Å². The van der Waals surface area contributed by atoms with Crippen molar-refractivity contribution >= 4 is 12.0 Å². The summed E-state index contributed by atoms with van der Waals surface area (Å²) in [4.78, 5) is 24.9. The molecular formula is C14H23N3O3. The van der Waals surface area contributed by atoms with Gasteiger partial charge in [-0.05, 0) is 19.8 Å². The summed E-state index contributed by atoms with van der Waals surface area (Å²) in [6.07, 6.45) is 4.32. The monoisotopic (exact) mass is 281 g/mol. The number of carbonyl (C=O) groups excluding carboxylic acids is 1. The van der Waals surface area contributed by atoms with Crippen LogP contribution in [0.5, 0.6) is 0 Å². The Kier molecular flexibility index (Phi) is 5.81. The van der Waals surface area contributed by atoms with Crippen molar-refractivity contribution in [3.8, 4) is 6.07 Å². The molecule has 20 heavy (non-hydrogen) atoms. The van der Waals surface area contributed by atoms with Gasteiger partial charge in [0, 0.05) is 19.6 Å². The van der Waals surface area contributed by atoms with Crippen molar-refractivity contribution in [1.29, 1.82) is 5.26 Å². The van der Waals surface area contributed by atoms with Gasteiger partial charge in [-0.25, -0.2) is 4.79 Å². The van der Waals surface area contributed by atoms with Gasteiger partial charge < -0.3 is 15.3 Å². The fourth-order valence-corrected chi connectivity index (χ4v) is 2.53. The van der Waals surface area contributed by atoms with Gasteiger partial charge in [-0.2, -0.15) is 5.26 Å². The number of nitrogens with zero attached hydrogens (tertiary/aromatic N) is 2. The fourth-order valence-electron chi connectivity index (χ4n) is 2.53. The second kappa shape index (κ2) is 7.13. The average Bonchev–Trinajstić information content (AvgIpc) is 2.45. The van der Waals surface area contributed by atoms with Crippen molar-refractivity contribution in [1.82, 2.24) is 10.2 Å². The molecule has 0 aromatic heterocycles. The Labute approximate surface area is 119 Å². The van der Waals surface area contributed by atoms with Crippen LogP contribution in [0.25, 0.3) is 0 Å². The quantitative estimate of drug-likeness (QED) is 0.805. The molecule has 1 saturated carbocycles. The first kappa shape index (κ1) is 16.3. The van der Waals surface area contributed by atoms with Crippen LogP contribution in [0, 0.1) is 16.7 Å². The largest absolute Gasteiger partial charge is 0.481 e. The molecule has 6 heteroatoms. The number of carbonyl (C=O) groups is 2. The van der Waals surface area contributed by atoms with Crippen LogP contribution in [-0.2, 0) is 4.79 Å². The number of nitriles is 1. The molecule has 1 aliphatic rings. The highest BCUT2D eigenvalue weighted by molar-refractivity contribution is 5.78. The van der Waals surface area contributed by atoms with E-state index in [0.29, 0.717) is 12.8 Å². The van der Waals surface area contributed by atoms with Crippen LogP contribution in [0.3, 0.4) is 0 Å². The summed E-state index contributed by atoms with van der Waals surface area (Å²) in [6.45, 7) is 1.95. The molecule has 0 spiro atoms. The van der Waals surface area contributed by atoms with E-state index in [-0.39, 0.29) is 25.0 Å². The maximum Gasteiger partial charge on any atom is 0.317 e. The van der Waals surface area contributed by atoms with E-state index in [1.54, 1.807) is 14.0 Å². The molecule has 0 saturated heterocycles. The molecule has 6 nitrogen and oxygen atoms in total. The second-order valence-electron chi connectivity index (χ2n) is 5.63. The maximum atomic E-state index is 12.0. The summed E-state index contributed by atoms with van der Waals surface area (Å²) in [5.41, 5.74) is -0.826. The van der Waals surface area contributed by atoms with Gasteiger partial charge in [0.25, 0.3) is 0 Å². The molecule has 1 fully saturated rings. The minimum Gasteiger partial charge on any atom is -0.481 e. The van der Waals surface area contributed by atoms with Crippen LogP contribution in [0.15, 0.2) is 0 Å². The fraction of sp³-hybridized carbons (Fsp3) is 0.786. The van der Waals surface area contributed by atoms with Crippen molar-refractivity contribution in [3.63, 3.8) is 0 Å². The van der Waals surface area contributed by atoms with Crippen molar-refractivity contribution < 1.29 is 14.7 Å². The third-order valence-electron chi connectivity index (χ3n) is 4.21. The van der Waals surface area contributed by atoms with Crippen LogP contribution in [0.1, 0.15) is 45.4 Å². The zero-order chi connectivity index (χ0) is 15.2. The molecular weight excluding hydrogens is 258 g/mol. The predicted octanol–water partition coefficient (Wildman–Crippen LogP) is 1.97. The SMILES string of the molecule is CC(CC#N)N(C)C(=O)NCC1(C(=O)O)CCCCC1. The molecule has 1 rings (SSSR count). The van der Waals surface area contributed by atoms with Gasteiger partial charge in [0.05, 0.1) is 17.9 Å². The van der Waals surface area contributed by atoms with E-state index in [9.17, 15) is 14.7 Å². The number of urea groups is 1. The Morgan fingerprint density at radius 1 is 1.40 bits per heavy atom. The molecule has 0 aromatic carbocycles. The lowest BCUT2D eigenvalue weighted by molar-refractivity contribution is -0.150. The standard InChI is InChI=1S/C14H23N3O3/c1-11(6-9-15)17(2)13(20)16-10-14(12(18)19)7-4-3-5-8-14/h11H,3-8,10H2,1-2H3,(H,16,20)(H,18,19). The summed E-state index contributed by atoms with van der Waals surface area (Å²) in [5, 5.41) is 20.8. The van der Waals surface area contributed by atoms with E-state index in [1.165, 1.54) is 4.90 Å². The van der Waals surface area contributed by atoms with Gasteiger partial charge >= 0.3 is 12.0 Å². The molecule has 1 unspecified atom stereocenters. The number of nitrogens with one attached hydrogen (secondary N) is 1. The van der Waals surface area contributed by atoms with Crippen LogP contribution in [0.4, 0.5) is 4.79 Å². The molecule has 1 aliphatic carbocycles. The number of carboxylic acid groups (broad SMARTS) is 1. The molecule has 2 amide bonds. The minimum absolute atomic E-state index is 0.158. The molecule has 0 bridgehead atoms. The molecule has 0 heterocycles. The normalized spacial score (nSPS) is 18.6. The summed E-state index contributed by atoms with van der Waals surface area (Å²) in [7, 11) is 1.62. The van der Waals surface area contributed by atoms with E-state index in [2.05, 4.69) is 5.32 Å². The average molecular weight is 281 g/mol. The smallest absolute Gasteiger partial charge is 0.317 e. The zero-order valence-electron chi connectivity index (χ0n) is 12.2. The topological polar surface area (TPSA) is 93.4 Å².